The number of carbonyl (C=O) groups is 3. The molecule has 5 rings (SSSR count). The van der Waals surface area contributed by atoms with Crippen LogP contribution in [0.4, 0.5) is 4.39 Å². The number of carbonyl (C=O) groups excluding carboxylic acids is 3. The number of alkyl halides is 1. The fourth-order valence-corrected chi connectivity index (χ4v) is 6.62. The van der Waals surface area contributed by atoms with Crippen LogP contribution >= 0.6 is 0 Å². The number of allylic oxidation sites excluding steroid dienone is 1. The topological polar surface area (TPSA) is 173 Å². The second-order valence-electron chi connectivity index (χ2n) is 11.0. The average Bonchev–Trinajstić information content (AvgIpc) is 2.91. The first kappa shape index (κ1) is 28.5. The molecule has 0 bridgehead atoms. The first-order chi connectivity index (χ1) is 19.4. The maximum atomic E-state index is 13.9. The van der Waals surface area contributed by atoms with Crippen molar-refractivity contribution >= 4 is 17.5 Å². The third kappa shape index (κ3) is 4.32. The first-order valence-corrected chi connectivity index (χ1v) is 13.3. The van der Waals surface area contributed by atoms with Crippen molar-refractivity contribution in [1.29, 1.82) is 0 Å². The smallest absolute Gasteiger partial charge is 0.255 e. The molecule has 10 nitrogen and oxygen atoms in total. The summed E-state index contributed by atoms with van der Waals surface area (Å²) in [5.41, 5.74) is 4.56. The molecule has 4 atom stereocenters. The van der Waals surface area contributed by atoms with Crippen molar-refractivity contribution in [1.82, 2.24) is 10.2 Å². The molecule has 0 fully saturated rings. The maximum absolute atomic E-state index is 13.9. The molecule has 11 heteroatoms. The van der Waals surface area contributed by atoms with Crippen molar-refractivity contribution in [2.45, 2.75) is 31.0 Å². The van der Waals surface area contributed by atoms with Crippen molar-refractivity contribution in [3.8, 4) is 16.9 Å². The van der Waals surface area contributed by atoms with E-state index in [1.54, 1.807) is 20.2 Å². The molecule has 2 aromatic carbocycles. The highest BCUT2D eigenvalue weighted by Gasteiger charge is 2.63. The Labute approximate surface area is 235 Å². The normalized spacial score (nSPS) is 25.7. The van der Waals surface area contributed by atoms with Gasteiger partial charge in [0.2, 0.25) is 5.78 Å². The van der Waals surface area contributed by atoms with E-state index in [0.29, 0.717) is 17.7 Å². The van der Waals surface area contributed by atoms with Crippen LogP contribution in [-0.4, -0.2) is 81.8 Å². The van der Waals surface area contributed by atoms with Crippen LogP contribution in [0.15, 0.2) is 59.1 Å². The zero-order valence-electron chi connectivity index (χ0n) is 22.6. The number of primary amides is 1. The second-order valence-corrected chi connectivity index (χ2v) is 11.0. The fourth-order valence-electron chi connectivity index (χ4n) is 6.62. The van der Waals surface area contributed by atoms with Gasteiger partial charge >= 0.3 is 0 Å². The molecule has 0 radical (unpaired) electrons. The Kier molecular flexibility index (Phi) is 7.22. The van der Waals surface area contributed by atoms with Crippen LogP contribution in [0.25, 0.3) is 11.1 Å². The molecule has 3 aliphatic rings. The molecule has 2 aromatic rings. The summed E-state index contributed by atoms with van der Waals surface area (Å²) in [6, 6.07) is 9.51. The van der Waals surface area contributed by atoms with Crippen molar-refractivity contribution < 1.29 is 39.2 Å². The number of phenolic OH excluding ortho intramolecular Hbond substituents is 1. The van der Waals surface area contributed by atoms with Crippen molar-refractivity contribution in [3.63, 3.8) is 0 Å². The van der Waals surface area contributed by atoms with Gasteiger partial charge in [0.05, 0.1) is 11.6 Å². The predicted octanol–water partition coefficient (Wildman–Crippen LogP) is 1.85. The van der Waals surface area contributed by atoms with E-state index in [-0.39, 0.29) is 36.3 Å². The predicted molar refractivity (Wildman–Crippen MR) is 147 cm³/mol. The van der Waals surface area contributed by atoms with E-state index in [2.05, 4.69) is 5.32 Å². The van der Waals surface area contributed by atoms with Crippen LogP contribution in [-0.2, 0) is 22.6 Å². The molecule has 216 valence electrons. The number of likely N-dealkylation sites (N-methyl/N-ethyl adjacent to an activating group) is 1. The molecule has 1 amide bonds. The maximum Gasteiger partial charge on any atom is 0.255 e. The summed E-state index contributed by atoms with van der Waals surface area (Å²) in [6.45, 7) is 0.261. The van der Waals surface area contributed by atoms with E-state index in [4.69, 9.17) is 5.73 Å². The number of aromatic hydroxyl groups is 1. The number of hydrogen-bond acceptors (Lipinski definition) is 9. The van der Waals surface area contributed by atoms with E-state index in [9.17, 15) is 39.2 Å². The third-order valence-corrected chi connectivity index (χ3v) is 8.47. The highest BCUT2D eigenvalue weighted by atomic mass is 19.1. The molecule has 1 unspecified atom stereocenters. The lowest BCUT2D eigenvalue weighted by Crippen LogP contribution is -2.63. The second kappa shape index (κ2) is 10.4. The minimum atomic E-state index is -2.68. The Bertz CT molecular complexity index is 1510. The number of aliphatic hydroxyl groups excluding tert-OH is 2. The van der Waals surface area contributed by atoms with Gasteiger partial charge in [0, 0.05) is 24.6 Å². The monoisotopic (exact) mass is 565 g/mol. The van der Waals surface area contributed by atoms with E-state index >= 15 is 0 Å². The lowest BCUT2D eigenvalue weighted by Gasteiger charge is -2.50. The van der Waals surface area contributed by atoms with Gasteiger partial charge < -0.3 is 31.5 Å². The average molecular weight is 566 g/mol. The highest BCUT2D eigenvalue weighted by molar-refractivity contribution is 6.24. The van der Waals surface area contributed by atoms with Crippen molar-refractivity contribution in [3.05, 3.63) is 75.8 Å². The minimum Gasteiger partial charge on any atom is -0.510 e. The summed E-state index contributed by atoms with van der Waals surface area (Å²) >= 11 is 0. The number of amides is 1. The quantitative estimate of drug-likeness (QED) is 0.216. The number of fused-ring (bicyclic) bond motifs is 3. The number of nitrogens with one attached hydrogen (secondary N) is 1. The van der Waals surface area contributed by atoms with Crippen molar-refractivity contribution in [2.75, 3.05) is 27.3 Å². The molecule has 0 spiro atoms. The number of phenols is 1. The van der Waals surface area contributed by atoms with Crippen LogP contribution < -0.4 is 11.1 Å². The molecule has 0 saturated heterocycles. The van der Waals surface area contributed by atoms with Crippen LogP contribution in [0.2, 0.25) is 0 Å². The van der Waals surface area contributed by atoms with Gasteiger partial charge in [-0.25, -0.2) is 4.39 Å². The number of Topliss-reactive ketones (excluding diaryl/α,β-unsaturated/α-hetero) is 2. The van der Waals surface area contributed by atoms with E-state index < -0.39 is 64.7 Å². The number of halogens is 1. The van der Waals surface area contributed by atoms with Gasteiger partial charge in [0.15, 0.2) is 11.4 Å². The Morgan fingerprint density at radius 2 is 1.80 bits per heavy atom. The zero-order chi connectivity index (χ0) is 29.8. The summed E-state index contributed by atoms with van der Waals surface area (Å²) in [7, 11) is 3.17. The Morgan fingerprint density at radius 3 is 2.41 bits per heavy atom. The molecule has 0 saturated carbocycles. The van der Waals surface area contributed by atoms with Gasteiger partial charge in [0.1, 0.15) is 29.5 Å². The van der Waals surface area contributed by atoms with Crippen LogP contribution in [0.5, 0.6) is 5.75 Å². The van der Waals surface area contributed by atoms with E-state index in [0.717, 1.165) is 11.1 Å². The Balaban J connectivity index is 1.61. The fraction of sp³-hybridized carbons (Fsp3) is 0.367. The molecular weight excluding hydrogens is 533 g/mol. The van der Waals surface area contributed by atoms with Crippen molar-refractivity contribution in [2.24, 2.45) is 17.6 Å². The lowest BCUT2D eigenvalue weighted by molar-refractivity contribution is -0.148. The summed E-state index contributed by atoms with van der Waals surface area (Å²) in [5, 5.41) is 47.8. The summed E-state index contributed by atoms with van der Waals surface area (Å²) in [4.78, 5) is 40.9. The van der Waals surface area contributed by atoms with Crippen LogP contribution in [0.1, 0.15) is 27.9 Å². The summed E-state index contributed by atoms with van der Waals surface area (Å²) in [5.74, 6) is -6.85. The van der Waals surface area contributed by atoms with E-state index in [1.807, 2.05) is 24.3 Å². The minimum absolute atomic E-state index is 0.0139. The zero-order valence-corrected chi connectivity index (χ0v) is 22.6. The largest absolute Gasteiger partial charge is 0.510 e. The summed E-state index contributed by atoms with van der Waals surface area (Å²) < 4.78 is 12.4. The number of ketones is 2. The number of nitrogens with two attached hydrogens (primary N) is 1. The molecule has 3 aliphatic carbocycles. The number of hydrogen-bond donors (Lipinski definition) is 6. The number of nitrogens with zero attached hydrogens (tertiary/aromatic N) is 1. The number of aliphatic hydroxyl groups is 3. The molecule has 0 heterocycles. The highest BCUT2D eigenvalue weighted by Crippen LogP contribution is 2.53. The SMILES string of the molecule is CN(C)C1C(O)=C(C(N)=O)C(=O)[C@]2(O)C(O)=C3C(=O)c4c(O)ccc(-c5ccc(CNCCF)cc5)c4C[C@@H]3C[C@H]12. The van der Waals surface area contributed by atoms with Gasteiger partial charge in [-0.05, 0) is 61.2 Å². The first-order valence-electron chi connectivity index (χ1n) is 13.3. The number of rotatable bonds is 7. The van der Waals surface area contributed by atoms with Crippen LogP contribution in [0.3, 0.4) is 0 Å². The van der Waals surface area contributed by atoms with Gasteiger partial charge in [0.25, 0.3) is 5.91 Å². The Hall–Kier alpha value is -4.06. The van der Waals surface area contributed by atoms with Gasteiger partial charge in [-0.15, -0.1) is 0 Å². The lowest BCUT2D eigenvalue weighted by atomic mass is 9.58. The van der Waals surface area contributed by atoms with Gasteiger partial charge in [-0.1, -0.05) is 30.3 Å². The number of benzene rings is 2. The molecule has 7 N–H and O–H groups in total. The summed E-state index contributed by atoms with van der Waals surface area (Å²) in [6.07, 6.45) is 0.206. The van der Waals surface area contributed by atoms with Crippen LogP contribution in [0, 0.1) is 11.8 Å². The molecule has 41 heavy (non-hydrogen) atoms. The molecular formula is C30H32FN3O7. The standard InChI is InChI=1S/C30H32FN3O7/c1-34(2)24-19-12-16-11-18-17(15-5-3-14(4-6-15)13-33-10-9-31)7-8-20(35)22(18)25(36)21(16)27(38)30(19,41)28(39)23(26(24)37)29(32)40/h3-8,16,19,24,33,35,37-38,41H,9-13H2,1-2H3,(H2,32,40)/t16-,19-,24?,30-/m1/s1. The van der Waals surface area contributed by atoms with E-state index in [1.165, 1.54) is 11.0 Å². The van der Waals surface area contributed by atoms with Gasteiger partial charge in [-0.3, -0.25) is 19.3 Å². The third-order valence-electron chi connectivity index (χ3n) is 8.47. The molecule has 0 aromatic heterocycles. The van der Waals surface area contributed by atoms with Gasteiger partial charge in [-0.2, -0.15) is 0 Å². The molecule has 0 aliphatic heterocycles. The Morgan fingerprint density at radius 1 is 1.12 bits per heavy atom.